The summed E-state index contributed by atoms with van der Waals surface area (Å²) in [5.41, 5.74) is 0. The van der Waals surface area contributed by atoms with Gasteiger partial charge in [-0.05, 0) is 38.1 Å². The van der Waals surface area contributed by atoms with Crippen LogP contribution in [0.2, 0.25) is 0 Å². The molecule has 1 unspecified atom stereocenters. The first-order valence-electron chi connectivity index (χ1n) is 8.17. The van der Waals surface area contributed by atoms with Gasteiger partial charge >= 0.3 is 0 Å². The molecule has 116 valence electrons. The summed E-state index contributed by atoms with van der Waals surface area (Å²) in [6.45, 7) is 14.8. The van der Waals surface area contributed by atoms with E-state index in [0.29, 0.717) is 12.0 Å². The Kier molecular flexibility index (Phi) is 11.6. The predicted octanol–water partition coefficient (Wildman–Crippen LogP) is 2.88. The van der Waals surface area contributed by atoms with E-state index in [0.717, 1.165) is 32.5 Å². The van der Waals surface area contributed by atoms with Gasteiger partial charge in [0.1, 0.15) is 0 Å². The number of nitrogens with zero attached hydrogens (tertiary/aromatic N) is 1. The normalized spacial score (nSPS) is 13.7. The lowest BCUT2D eigenvalue weighted by molar-refractivity contribution is 0.146. The molecule has 3 nitrogen and oxygen atoms in total. The molecule has 0 aliphatic rings. The fourth-order valence-electron chi connectivity index (χ4n) is 2.63. The second kappa shape index (κ2) is 11.7. The third-order valence-corrected chi connectivity index (χ3v) is 3.73. The summed E-state index contributed by atoms with van der Waals surface area (Å²) in [7, 11) is 0. The van der Waals surface area contributed by atoms with Crippen molar-refractivity contribution in [1.82, 2.24) is 10.2 Å². The minimum absolute atomic E-state index is 0.248. The van der Waals surface area contributed by atoms with Gasteiger partial charge in [-0.3, -0.25) is 0 Å². The van der Waals surface area contributed by atoms with E-state index in [1.165, 1.54) is 12.8 Å². The highest BCUT2D eigenvalue weighted by molar-refractivity contribution is 4.74. The van der Waals surface area contributed by atoms with Crippen LogP contribution < -0.4 is 5.32 Å². The number of hydrogen-bond donors (Lipinski definition) is 2. The van der Waals surface area contributed by atoms with Crippen molar-refractivity contribution in [3.05, 3.63) is 0 Å². The van der Waals surface area contributed by atoms with E-state index in [1.807, 2.05) is 0 Å². The largest absolute Gasteiger partial charge is 0.395 e. The molecule has 0 heterocycles. The Morgan fingerprint density at radius 3 is 2.16 bits per heavy atom. The molecule has 3 heteroatoms. The van der Waals surface area contributed by atoms with E-state index in [9.17, 15) is 5.11 Å². The number of nitrogens with one attached hydrogen (secondary N) is 1. The van der Waals surface area contributed by atoms with Crippen LogP contribution in [0.15, 0.2) is 0 Å². The average molecular weight is 272 g/mol. The van der Waals surface area contributed by atoms with Crippen molar-refractivity contribution in [3.63, 3.8) is 0 Å². The monoisotopic (exact) mass is 272 g/mol. The molecule has 0 rings (SSSR count). The van der Waals surface area contributed by atoms with Gasteiger partial charge in [-0.1, -0.05) is 34.6 Å². The summed E-state index contributed by atoms with van der Waals surface area (Å²) < 4.78 is 0. The first-order chi connectivity index (χ1) is 9.08. The van der Waals surface area contributed by atoms with Gasteiger partial charge in [0.15, 0.2) is 0 Å². The second-order valence-corrected chi connectivity index (χ2v) is 5.98. The SMILES string of the molecule is CCCNC(CO)CCN(CC(C)C)C(CC)CC. The number of aliphatic hydroxyl groups excluding tert-OH is 1. The van der Waals surface area contributed by atoms with Crippen molar-refractivity contribution >= 4 is 0 Å². The molecule has 2 N–H and O–H groups in total. The minimum atomic E-state index is 0.248. The van der Waals surface area contributed by atoms with E-state index in [2.05, 4.69) is 44.8 Å². The highest BCUT2D eigenvalue weighted by Crippen LogP contribution is 2.12. The third kappa shape index (κ3) is 8.61. The predicted molar refractivity (Wildman–Crippen MR) is 84.6 cm³/mol. The highest BCUT2D eigenvalue weighted by Gasteiger charge is 2.17. The van der Waals surface area contributed by atoms with Crippen LogP contribution in [0.1, 0.15) is 60.3 Å². The molecular formula is C16H36N2O. The van der Waals surface area contributed by atoms with Crippen molar-refractivity contribution in [2.45, 2.75) is 72.4 Å². The number of rotatable bonds is 12. The van der Waals surface area contributed by atoms with Crippen LogP contribution in [0.25, 0.3) is 0 Å². The Bertz CT molecular complexity index is 193. The van der Waals surface area contributed by atoms with Crippen LogP contribution in [0.3, 0.4) is 0 Å². The fraction of sp³-hybridized carbons (Fsp3) is 1.00. The highest BCUT2D eigenvalue weighted by atomic mass is 16.3. The van der Waals surface area contributed by atoms with Crippen molar-refractivity contribution in [2.75, 3.05) is 26.2 Å². The first-order valence-corrected chi connectivity index (χ1v) is 8.17. The van der Waals surface area contributed by atoms with Crippen molar-refractivity contribution in [2.24, 2.45) is 5.92 Å². The van der Waals surface area contributed by atoms with E-state index in [-0.39, 0.29) is 12.6 Å². The lowest BCUT2D eigenvalue weighted by Gasteiger charge is -2.33. The van der Waals surface area contributed by atoms with Gasteiger partial charge in [-0.2, -0.15) is 0 Å². The molecule has 0 aliphatic carbocycles. The summed E-state index contributed by atoms with van der Waals surface area (Å²) in [4.78, 5) is 2.61. The van der Waals surface area contributed by atoms with Gasteiger partial charge in [0, 0.05) is 25.2 Å². The summed E-state index contributed by atoms with van der Waals surface area (Å²) in [5, 5.41) is 12.8. The van der Waals surface area contributed by atoms with E-state index < -0.39 is 0 Å². The second-order valence-electron chi connectivity index (χ2n) is 5.98. The zero-order valence-electron chi connectivity index (χ0n) is 13.8. The topological polar surface area (TPSA) is 35.5 Å². The molecule has 0 aromatic carbocycles. The molecule has 0 fully saturated rings. The molecule has 0 bridgehead atoms. The van der Waals surface area contributed by atoms with Crippen molar-refractivity contribution in [3.8, 4) is 0 Å². The van der Waals surface area contributed by atoms with E-state index in [1.54, 1.807) is 0 Å². The summed E-state index contributed by atoms with van der Waals surface area (Å²) >= 11 is 0. The maximum absolute atomic E-state index is 9.42. The third-order valence-electron chi connectivity index (χ3n) is 3.73. The van der Waals surface area contributed by atoms with Gasteiger partial charge in [-0.15, -0.1) is 0 Å². The van der Waals surface area contributed by atoms with Gasteiger partial charge in [0.2, 0.25) is 0 Å². The maximum Gasteiger partial charge on any atom is 0.0585 e. The zero-order valence-corrected chi connectivity index (χ0v) is 13.8. The van der Waals surface area contributed by atoms with Gasteiger partial charge in [-0.25, -0.2) is 0 Å². The van der Waals surface area contributed by atoms with Crippen LogP contribution in [0.4, 0.5) is 0 Å². The molecule has 0 aromatic rings. The van der Waals surface area contributed by atoms with Crippen LogP contribution >= 0.6 is 0 Å². The molecular weight excluding hydrogens is 236 g/mol. The Balaban J connectivity index is 4.29. The molecule has 19 heavy (non-hydrogen) atoms. The Hall–Kier alpha value is -0.120. The molecule has 0 aliphatic heterocycles. The van der Waals surface area contributed by atoms with Crippen LogP contribution in [0, 0.1) is 5.92 Å². The van der Waals surface area contributed by atoms with Crippen LogP contribution in [-0.2, 0) is 0 Å². The molecule has 0 aromatic heterocycles. The average Bonchev–Trinajstić information content (AvgIpc) is 2.39. The Labute approximate surface area is 120 Å². The Morgan fingerprint density at radius 2 is 1.74 bits per heavy atom. The maximum atomic E-state index is 9.42. The smallest absolute Gasteiger partial charge is 0.0585 e. The quantitative estimate of drug-likeness (QED) is 0.573. The van der Waals surface area contributed by atoms with Gasteiger partial charge < -0.3 is 15.3 Å². The summed E-state index contributed by atoms with van der Waals surface area (Å²) in [5.74, 6) is 0.705. The van der Waals surface area contributed by atoms with E-state index in [4.69, 9.17) is 0 Å². The molecule has 0 saturated carbocycles. The standard InChI is InChI=1S/C16H36N2O/c1-6-10-17-15(13-19)9-11-18(12-14(4)5)16(7-2)8-3/h14-17,19H,6-13H2,1-5H3. The summed E-state index contributed by atoms with van der Waals surface area (Å²) in [6, 6.07) is 0.942. The number of hydrogen-bond acceptors (Lipinski definition) is 3. The molecule has 0 spiro atoms. The zero-order chi connectivity index (χ0) is 14.7. The molecule has 0 saturated heterocycles. The minimum Gasteiger partial charge on any atom is -0.395 e. The number of aliphatic hydroxyl groups is 1. The van der Waals surface area contributed by atoms with Gasteiger partial charge in [0.25, 0.3) is 0 Å². The molecule has 1 atom stereocenters. The van der Waals surface area contributed by atoms with E-state index >= 15 is 0 Å². The van der Waals surface area contributed by atoms with Crippen molar-refractivity contribution in [1.29, 1.82) is 0 Å². The first kappa shape index (κ1) is 18.9. The summed E-state index contributed by atoms with van der Waals surface area (Å²) in [6.07, 6.45) is 4.60. The van der Waals surface area contributed by atoms with Gasteiger partial charge in [0.05, 0.1) is 6.61 Å². The van der Waals surface area contributed by atoms with Crippen molar-refractivity contribution < 1.29 is 5.11 Å². The molecule has 0 radical (unpaired) electrons. The lowest BCUT2D eigenvalue weighted by atomic mass is 10.1. The molecule has 0 amide bonds. The van der Waals surface area contributed by atoms with Crippen LogP contribution in [0.5, 0.6) is 0 Å². The Morgan fingerprint density at radius 1 is 1.11 bits per heavy atom. The lowest BCUT2D eigenvalue weighted by Crippen LogP contribution is -2.42. The fourth-order valence-corrected chi connectivity index (χ4v) is 2.63. The van der Waals surface area contributed by atoms with Crippen LogP contribution in [-0.4, -0.2) is 48.3 Å².